The van der Waals surface area contributed by atoms with Crippen molar-refractivity contribution < 1.29 is 13.9 Å². The maximum atomic E-state index is 13.6. The molecule has 0 aliphatic carbocycles. The fourth-order valence-electron chi connectivity index (χ4n) is 5.87. The molecule has 0 spiro atoms. The molecule has 6 aromatic rings. The summed E-state index contributed by atoms with van der Waals surface area (Å²) in [6.45, 7) is 0. The lowest BCUT2D eigenvalue weighted by atomic mass is 9.76. The summed E-state index contributed by atoms with van der Waals surface area (Å²) in [5.74, 6) is -0.776. The molecular formula is C39H31FN2O2. The summed E-state index contributed by atoms with van der Waals surface area (Å²) >= 11 is 0. The van der Waals surface area contributed by atoms with Crippen molar-refractivity contribution in [3.05, 3.63) is 191 Å². The van der Waals surface area contributed by atoms with E-state index in [1.165, 1.54) is 19.2 Å². The molecule has 0 radical (unpaired) electrons. The van der Waals surface area contributed by atoms with Gasteiger partial charge in [-0.3, -0.25) is 0 Å². The number of ether oxygens (including phenoxy) is 1. The number of nitrogens with zero attached hydrogens (tertiary/aromatic N) is 2. The first-order valence-corrected chi connectivity index (χ1v) is 14.4. The summed E-state index contributed by atoms with van der Waals surface area (Å²) in [5, 5.41) is 0. The Morgan fingerprint density at radius 3 is 1.91 bits per heavy atom. The molecule has 0 bridgehead atoms. The minimum atomic E-state index is -0.651. The van der Waals surface area contributed by atoms with Gasteiger partial charge in [-0.05, 0) is 57.6 Å². The van der Waals surface area contributed by atoms with Crippen LogP contribution in [0.1, 0.15) is 38.3 Å². The number of hydrogen-bond acceptors (Lipinski definition) is 3. The molecule has 0 saturated heterocycles. The number of allylic oxidation sites excluding steroid dienone is 1. The Balaban J connectivity index is 1.42. The number of aromatic nitrogens is 2. The second-order valence-electron chi connectivity index (χ2n) is 10.5. The molecule has 0 amide bonds. The number of esters is 1. The second kappa shape index (κ2) is 12.8. The Labute approximate surface area is 256 Å². The molecule has 44 heavy (non-hydrogen) atoms. The second-order valence-corrected chi connectivity index (χ2v) is 10.5. The highest BCUT2D eigenvalue weighted by Crippen LogP contribution is 2.41. The molecule has 0 fully saturated rings. The van der Waals surface area contributed by atoms with Crippen LogP contribution in [-0.2, 0) is 16.7 Å². The molecule has 1 heterocycles. The number of imidazole rings is 1. The summed E-state index contributed by atoms with van der Waals surface area (Å²) in [5.41, 5.74) is 6.51. The van der Waals surface area contributed by atoms with Gasteiger partial charge in [0.25, 0.3) is 0 Å². The number of benzene rings is 5. The van der Waals surface area contributed by atoms with Gasteiger partial charge in [0.15, 0.2) is 0 Å². The minimum absolute atomic E-state index is 0.335. The third-order valence-electron chi connectivity index (χ3n) is 7.89. The quantitative estimate of drug-likeness (QED) is 0.128. The van der Waals surface area contributed by atoms with E-state index in [-0.39, 0.29) is 5.82 Å². The summed E-state index contributed by atoms with van der Waals surface area (Å²) in [6.07, 6.45) is 8.56. The molecule has 0 aliphatic heterocycles. The lowest BCUT2D eigenvalue weighted by Crippen LogP contribution is -2.38. The Morgan fingerprint density at radius 1 is 0.795 bits per heavy atom. The Bertz CT molecular complexity index is 1780. The van der Waals surface area contributed by atoms with Gasteiger partial charge in [0.1, 0.15) is 11.4 Å². The van der Waals surface area contributed by atoms with Crippen molar-refractivity contribution in [2.75, 3.05) is 7.11 Å². The van der Waals surface area contributed by atoms with Crippen LogP contribution in [0.4, 0.5) is 4.39 Å². The largest absolute Gasteiger partial charge is 0.465 e. The summed E-state index contributed by atoms with van der Waals surface area (Å²) in [4.78, 5) is 17.2. The molecular weight excluding hydrogens is 547 g/mol. The molecule has 4 nitrogen and oxygen atoms in total. The van der Waals surface area contributed by atoms with Crippen LogP contribution < -0.4 is 0 Å². The van der Waals surface area contributed by atoms with Gasteiger partial charge < -0.3 is 9.30 Å². The van der Waals surface area contributed by atoms with Crippen molar-refractivity contribution in [2.45, 2.75) is 12.0 Å². The van der Waals surface area contributed by atoms with Gasteiger partial charge in [0, 0.05) is 18.3 Å². The summed E-state index contributed by atoms with van der Waals surface area (Å²) < 4.78 is 20.9. The van der Waals surface area contributed by atoms with Gasteiger partial charge in [-0.25, -0.2) is 14.2 Å². The smallest absolute Gasteiger partial charge is 0.338 e. The van der Waals surface area contributed by atoms with E-state index in [1.807, 2.05) is 48.9 Å². The van der Waals surface area contributed by atoms with Crippen molar-refractivity contribution in [3.63, 3.8) is 0 Å². The highest BCUT2D eigenvalue weighted by atomic mass is 19.1. The molecule has 0 N–H and O–H groups in total. The lowest BCUT2D eigenvalue weighted by Gasteiger charge is -2.38. The maximum Gasteiger partial charge on any atom is 0.338 e. The first-order valence-electron chi connectivity index (χ1n) is 14.4. The highest BCUT2D eigenvalue weighted by Gasteiger charge is 2.39. The topological polar surface area (TPSA) is 44.1 Å². The van der Waals surface area contributed by atoms with E-state index >= 15 is 0 Å². The van der Waals surface area contributed by atoms with Gasteiger partial charge in [0.2, 0.25) is 0 Å². The van der Waals surface area contributed by atoms with Crippen molar-refractivity contribution in [3.8, 4) is 11.1 Å². The first kappa shape index (κ1) is 28.6. The molecule has 5 aromatic carbocycles. The molecule has 0 unspecified atom stereocenters. The third-order valence-corrected chi connectivity index (χ3v) is 7.89. The molecule has 1 aromatic heterocycles. The fourth-order valence-corrected chi connectivity index (χ4v) is 5.87. The Morgan fingerprint density at radius 2 is 1.36 bits per heavy atom. The average molecular weight is 579 g/mol. The van der Waals surface area contributed by atoms with Crippen molar-refractivity contribution in [2.24, 2.45) is 0 Å². The van der Waals surface area contributed by atoms with Gasteiger partial charge in [-0.15, -0.1) is 0 Å². The Hall–Kier alpha value is -5.55. The van der Waals surface area contributed by atoms with Crippen LogP contribution in [-0.4, -0.2) is 22.6 Å². The number of carbonyl (C=O) groups is 1. The summed E-state index contributed by atoms with van der Waals surface area (Å²) in [7, 11) is 1.36. The van der Waals surface area contributed by atoms with E-state index in [0.717, 1.165) is 33.5 Å². The predicted octanol–water partition coefficient (Wildman–Crippen LogP) is 8.57. The minimum Gasteiger partial charge on any atom is -0.465 e. The molecule has 0 saturated carbocycles. The summed E-state index contributed by atoms with van der Waals surface area (Å²) in [6, 6.07) is 43.2. The van der Waals surface area contributed by atoms with E-state index in [0.29, 0.717) is 17.5 Å². The van der Waals surface area contributed by atoms with E-state index in [2.05, 4.69) is 88.4 Å². The predicted molar refractivity (Wildman–Crippen MR) is 173 cm³/mol. The normalized spacial score (nSPS) is 11.5. The number of hydrogen-bond donors (Lipinski definition) is 0. The first-order chi connectivity index (χ1) is 21.6. The number of halogens is 1. The average Bonchev–Trinajstić information content (AvgIpc) is 3.55. The highest BCUT2D eigenvalue weighted by molar-refractivity contribution is 5.97. The zero-order valence-electron chi connectivity index (χ0n) is 24.3. The molecule has 216 valence electrons. The van der Waals surface area contributed by atoms with Crippen LogP contribution in [0, 0.1) is 5.82 Å². The zero-order valence-corrected chi connectivity index (χ0v) is 24.3. The van der Waals surface area contributed by atoms with Crippen molar-refractivity contribution >= 4 is 12.0 Å². The SMILES string of the molecule is COC(=O)c1ccc(C=CCc2cncn2C(c2ccccc2)(c2ccccc2)c2ccccc2)cc1-c1ccc(F)cc1. The standard InChI is InChI=1S/C39H31FN2O2/c1-44-38(43)36-25-20-29(26-37(36)30-21-23-34(40)24-22-30)12-11-19-35-27-41-28-42(35)39(31-13-5-2-6-14-31,32-15-7-3-8-16-32)33-17-9-4-10-18-33/h2-18,20-28H,19H2,1H3. The van der Waals surface area contributed by atoms with Crippen molar-refractivity contribution in [1.82, 2.24) is 9.55 Å². The molecule has 6 rings (SSSR count). The third kappa shape index (κ3) is 5.48. The van der Waals surface area contributed by atoms with Crippen LogP contribution in [0.15, 0.2) is 152 Å². The molecule has 5 heteroatoms. The van der Waals surface area contributed by atoms with E-state index in [4.69, 9.17) is 4.74 Å². The number of carbonyl (C=O) groups excluding carboxylic acids is 1. The number of rotatable bonds is 9. The van der Waals surface area contributed by atoms with E-state index < -0.39 is 11.5 Å². The number of methoxy groups -OCH3 is 1. The fraction of sp³-hybridized carbons (Fsp3) is 0.0769. The van der Waals surface area contributed by atoms with Gasteiger partial charge in [-0.1, -0.05) is 121 Å². The van der Waals surface area contributed by atoms with Crippen LogP contribution in [0.2, 0.25) is 0 Å². The van der Waals surface area contributed by atoms with Gasteiger partial charge in [-0.2, -0.15) is 0 Å². The molecule has 0 aliphatic rings. The van der Waals surface area contributed by atoms with Crippen LogP contribution >= 0.6 is 0 Å². The van der Waals surface area contributed by atoms with Crippen LogP contribution in [0.5, 0.6) is 0 Å². The lowest BCUT2D eigenvalue weighted by molar-refractivity contribution is 0.0601. The zero-order chi connectivity index (χ0) is 30.4. The van der Waals surface area contributed by atoms with E-state index in [1.54, 1.807) is 18.2 Å². The maximum absolute atomic E-state index is 13.6. The van der Waals surface area contributed by atoms with E-state index in [9.17, 15) is 9.18 Å². The molecule has 0 atom stereocenters. The van der Waals surface area contributed by atoms with Gasteiger partial charge >= 0.3 is 5.97 Å². The Kier molecular flexibility index (Phi) is 8.28. The van der Waals surface area contributed by atoms with Crippen molar-refractivity contribution in [1.29, 1.82) is 0 Å². The van der Waals surface area contributed by atoms with Gasteiger partial charge in [0.05, 0.1) is 19.0 Å². The monoisotopic (exact) mass is 578 g/mol. The van der Waals surface area contributed by atoms with Crippen LogP contribution in [0.3, 0.4) is 0 Å². The van der Waals surface area contributed by atoms with Crippen LogP contribution in [0.25, 0.3) is 17.2 Å².